The van der Waals surface area contributed by atoms with E-state index in [9.17, 15) is 9.59 Å². The summed E-state index contributed by atoms with van der Waals surface area (Å²) in [7, 11) is 1.46. The lowest BCUT2D eigenvalue weighted by Crippen LogP contribution is -2.44. The number of pyridine rings is 1. The van der Waals surface area contributed by atoms with Gasteiger partial charge in [-0.15, -0.1) is 0 Å². The number of anilines is 1. The molecule has 1 aliphatic heterocycles. The Morgan fingerprint density at radius 1 is 1.12 bits per heavy atom. The number of aromatic nitrogens is 1. The van der Waals surface area contributed by atoms with Gasteiger partial charge in [-0.05, 0) is 44.5 Å². The van der Waals surface area contributed by atoms with Gasteiger partial charge in [0.1, 0.15) is 17.1 Å². The predicted octanol–water partition coefficient (Wildman–Crippen LogP) is 4.05. The Hall–Kier alpha value is -3.81. The van der Waals surface area contributed by atoms with Crippen LogP contribution in [-0.2, 0) is 11.2 Å². The van der Waals surface area contributed by atoms with Gasteiger partial charge in [-0.25, -0.2) is 9.69 Å². The number of para-hydroxylation sites is 1. The molecule has 0 bridgehead atoms. The number of primary amides is 1. The third-order valence-corrected chi connectivity index (χ3v) is 5.08. The number of amides is 2. The van der Waals surface area contributed by atoms with Crippen LogP contribution in [0.3, 0.4) is 0 Å². The quantitative estimate of drug-likeness (QED) is 0.663. The number of nitrogens with two attached hydrogens (primary N) is 1. The summed E-state index contributed by atoms with van der Waals surface area (Å²) in [6.45, 7) is 5.45. The molecule has 1 aromatic heterocycles. The smallest absolute Gasteiger partial charge is 0.417 e. The standard InChI is InChI=1S/C24H25N3O5/c1-24(2,3)32-23(29)27-18-8-6-5-7-14(18)11-21(27)31-19-9-10-26-17-13-20(30-4)16(22(25)28)12-15(17)19/h5-10,12-13,21H,11H2,1-4H3,(H2,25,28). The molecule has 1 atom stereocenters. The lowest BCUT2D eigenvalue weighted by atomic mass is 10.1. The number of ether oxygens (including phenoxy) is 3. The van der Waals surface area contributed by atoms with Crippen LogP contribution < -0.4 is 20.1 Å². The van der Waals surface area contributed by atoms with Gasteiger partial charge >= 0.3 is 6.09 Å². The first-order valence-electron chi connectivity index (χ1n) is 10.2. The van der Waals surface area contributed by atoms with Crippen molar-refractivity contribution in [3.63, 3.8) is 0 Å². The number of fused-ring (bicyclic) bond motifs is 2. The number of nitrogens with zero attached hydrogens (tertiary/aromatic N) is 2. The second-order valence-electron chi connectivity index (χ2n) is 8.50. The minimum atomic E-state index is -0.657. The van der Waals surface area contributed by atoms with Crippen molar-refractivity contribution in [2.75, 3.05) is 12.0 Å². The average molecular weight is 435 g/mol. The van der Waals surface area contributed by atoms with Crippen LogP contribution in [0, 0.1) is 0 Å². The monoisotopic (exact) mass is 435 g/mol. The maximum Gasteiger partial charge on any atom is 0.417 e. The number of hydrogen-bond donors (Lipinski definition) is 1. The van der Waals surface area contributed by atoms with Crippen LogP contribution in [0.4, 0.5) is 10.5 Å². The number of methoxy groups -OCH3 is 1. The van der Waals surface area contributed by atoms with E-state index < -0.39 is 23.8 Å². The number of carbonyl (C=O) groups excluding carboxylic acids is 2. The average Bonchev–Trinajstić information content (AvgIpc) is 3.09. The van der Waals surface area contributed by atoms with E-state index in [2.05, 4.69) is 4.98 Å². The number of carbonyl (C=O) groups is 2. The zero-order valence-corrected chi connectivity index (χ0v) is 18.4. The minimum Gasteiger partial charge on any atom is -0.496 e. The molecule has 8 nitrogen and oxygen atoms in total. The van der Waals surface area contributed by atoms with E-state index in [1.165, 1.54) is 12.0 Å². The first-order chi connectivity index (χ1) is 15.2. The lowest BCUT2D eigenvalue weighted by Gasteiger charge is -2.29. The molecule has 2 aromatic carbocycles. The summed E-state index contributed by atoms with van der Waals surface area (Å²) >= 11 is 0. The summed E-state index contributed by atoms with van der Waals surface area (Å²) in [6, 6.07) is 12.5. The van der Waals surface area contributed by atoms with Crippen molar-refractivity contribution < 1.29 is 23.8 Å². The summed E-state index contributed by atoms with van der Waals surface area (Å²) in [5.41, 5.74) is 7.37. The molecule has 2 N–H and O–H groups in total. The highest BCUT2D eigenvalue weighted by atomic mass is 16.6. The summed E-state index contributed by atoms with van der Waals surface area (Å²) in [4.78, 5) is 30.8. The van der Waals surface area contributed by atoms with Gasteiger partial charge in [0.15, 0.2) is 6.23 Å². The van der Waals surface area contributed by atoms with E-state index in [0.717, 1.165) is 11.3 Å². The SMILES string of the molecule is COc1cc2nccc(OC3Cc4ccccc4N3C(=O)OC(C)(C)C)c2cc1C(N)=O. The van der Waals surface area contributed by atoms with E-state index in [-0.39, 0.29) is 5.56 Å². The third-order valence-electron chi connectivity index (χ3n) is 5.08. The van der Waals surface area contributed by atoms with Crippen molar-refractivity contribution in [1.29, 1.82) is 0 Å². The molecule has 2 heterocycles. The van der Waals surface area contributed by atoms with Gasteiger partial charge in [0, 0.05) is 24.1 Å². The second kappa shape index (κ2) is 8.03. The fraction of sp³-hybridized carbons (Fsp3) is 0.292. The Balaban J connectivity index is 1.74. The summed E-state index contributed by atoms with van der Waals surface area (Å²) in [5, 5.41) is 0.585. The molecule has 166 valence electrons. The van der Waals surface area contributed by atoms with Crippen molar-refractivity contribution in [2.24, 2.45) is 5.73 Å². The van der Waals surface area contributed by atoms with Gasteiger partial charge in [-0.1, -0.05) is 18.2 Å². The molecular formula is C24H25N3O5. The van der Waals surface area contributed by atoms with Gasteiger partial charge < -0.3 is 19.9 Å². The van der Waals surface area contributed by atoms with Crippen molar-refractivity contribution in [3.8, 4) is 11.5 Å². The predicted molar refractivity (Wildman–Crippen MR) is 120 cm³/mol. The minimum absolute atomic E-state index is 0.219. The van der Waals surface area contributed by atoms with E-state index in [1.807, 2.05) is 45.0 Å². The molecule has 0 saturated carbocycles. The van der Waals surface area contributed by atoms with Crippen LogP contribution in [0.5, 0.6) is 11.5 Å². The third kappa shape index (κ3) is 4.03. The van der Waals surface area contributed by atoms with E-state index >= 15 is 0 Å². The summed E-state index contributed by atoms with van der Waals surface area (Å²) in [6.07, 6.45) is 0.955. The molecule has 4 rings (SSSR count). The van der Waals surface area contributed by atoms with E-state index in [1.54, 1.807) is 24.4 Å². The van der Waals surface area contributed by atoms with Crippen molar-refractivity contribution in [2.45, 2.75) is 39.0 Å². The maximum absolute atomic E-state index is 13.0. The largest absolute Gasteiger partial charge is 0.496 e. The molecule has 2 amide bonds. The molecule has 1 unspecified atom stereocenters. The lowest BCUT2D eigenvalue weighted by molar-refractivity contribution is 0.0509. The second-order valence-corrected chi connectivity index (χ2v) is 8.50. The van der Waals surface area contributed by atoms with Gasteiger partial charge in [0.05, 0.1) is 23.9 Å². The topological polar surface area (TPSA) is 104 Å². The molecule has 32 heavy (non-hydrogen) atoms. The molecule has 0 radical (unpaired) electrons. The van der Waals surface area contributed by atoms with Crippen LogP contribution in [0.25, 0.3) is 10.9 Å². The van der Waals surface area contributed by atoms with Gasteiger partial charge in [0.2, 0.25) is 0 Å². The zero-order valence-electron chi connectivity index (χ0n) is 18.4. The highest BCUT2D eigenvalue weighted by molar-refractivity contribution is 6.01. The van der Waals surface area contributed by atoms with Crippen LogP contribution >= 0.6 is 0 Å². The Morgan fingerprint density at radius 3 is 2.56 bits per heavy atom. The number of hydrogen-bond acceptors (Lipinski definition) is 6. The first-order valence-corrected chi connectivity index (χ1v) is 10.2. The van der Waals surface area contributed by atoms with Gasteiger partial charge in [-0.2, -0.15) is 0 Å². The Morgan fingerprint density at radius 2 is 1.88 bits per heavy atom. The van der Waals surface area contributed by atoms with E-state index in [0.29, 0.717) is 28.8 Å². The van der Waals surface area contributed by atoms with E-state index in [4.69, 9.17) is 19.9 Å². The first kappa shape index (κ1) is 21.4. The van der Waals surface area contributed by atoms with Gasteiger partial charge in [-0.3, -0.25) is 9.78 Å². The number of benzene rings is 2. The molecule has 0 aliphatic carbocycles. The van der Waals surface area contributed by atoms with Crippen molar-refractivity contribution in [3.05, 3.63) is 59.8 Å². The van der Waals surface area contributed by atoms with Crippen molar-refractivity contribution in [1.82, 2.24) is 4.98 Å². The van der Waals surface area contributed by atoms with Gasteiger partial charge in [0.25, 0.3) is 5.91 Å². The Bertz CT molecular complexity index is 1200. The summed E-state index contributed by atoms with van der Waals surface area (Å²) < 4.78 is 17.2. The molecular weight excluding hydrogens is 410 g/mol. The number of rotatable bonds is 4. The fourth-order valence-corrected chi connectivity index (χ4v) is 3.73. The maximum atomic E-state index is 13.0. The molecule has 3 aromatic rings. The van der Waals surface area contributed by atoms with Crippen LogP contribution in [-0.4, -0.2) is 35.9 Å². The highest BCUT2D eigenvalue weighted by Crippen LogP contribution is 2.37. The Labute approximate surface area is 185 Å². The zero-order chi connectivity index (χ0) is 23.0. The van der Waals surface area contributed by atoms with Crippen LogP contribution in [0.2, 0.25) is 0 Å². The highest BCUT2D eigenvalue weighted by Gasteiger charge is 2.38. The molecule has 1 aliphatic rings. The summed E-state index contributed by atoms with van der Waals surface area (Å²) in [5.74, 6) is 0.173. The van der Waals surface area contributed by atoms with Crippen LogP contribution in [0.1, 0.15) is 36.7 Å². The fourth-order valence-electron chi connectivity index (χ4n) is 3.73. The van der Waals surface area contributed by atoms with Crippen LogP contribution in [0.15, 0.2) is 48.7 Å². The Kier molecular flexibility index (Phi) is 5.38. The molecule has 8 heteroatoms. The normalized spacial score (nSPS) is 15.4. The molecule has 0 spiro atoms. The molecule has 0 saturated heterocycles. The van der Waals surface area contributed by atoms with Crippen molar-refractivity contribution >= 4 is 28.6 Å². The molecule has 0 fully saturated rings.